The number of nitrogens with one attached hydrogen (secondary N) is 2. The van der Waals surface area contributed by atoms with Crippen molar-refractivity contribution in [3.63, 3.8) is 0 Å². The Balaban J connectivity index is 1.77. The molecule has 132 valence electrons. The lowest BCUT2D eigenvalue weighted by molar-refractivity contribution is 0.291. The summed E-state index contributed by atoms with van der Waals surface area (Å²) in [4.78, 5) is 17.0. The fourth-order valence-corrected chi connectivity index (χ4v) is 3.53. The minimum atomic E-state index is -0.378. The van der Waals surface area contributed by atoms with Crippen molar-refractivity contribution in [3.05, 3.63) is 99.2 Å². The summed E-state index contributed by atoms with van der Waals surface area (Å²) in [6.07, 6.45) is 2.00. The van der Waals surface area contributed by atoms with Crippen molar-refractivity contribution in [2.45, 2.75) is 6.61 Å². The molecular formula is C22H15FN2O2. The van der Waals surface area contributed by atoms with Crippen molar-refractivity contribution >= 4 is 22.7 Å². The zero-order valence-corrected chi connectivity index (χ0v) is 14.3. The molecule has 27 heavy (non-hydrogen) atoms. The van der Waals surface area contributed by atoms with Gasteiger partial charge in [-0.15, -0.1) is 0 Å². The van der Waals surface area contributed by atoms with Crippen molar-refractivity contribution in [1.29, 1.82) is 0 Å². The Morgan fingerprint density at radius 1 is 0.926 bits per heavy atom. The SMILES string of the molecule is O=c1[nH]c2ccc(C=C3c4ccccc4COc4c(F)cccc43)cc2[nH]1. The normalized spacial score (nSPS) is 14.5. The number of fused-ring (bicyclic) bond motifs is 3. The predicted octanol–water partition coefficient (Wildman–Crippen LogP) is 4.48. The lowest BCUT2D eigenvalue weighted by Crippen LogP contribution is -1.99. The molecule has 5 heteroatoms. The van der Waals surface area contributed by atoms with Gasteiger partial charge >= 0.3 is 5.69 Å². The summed E-state index contributed by atoms with van der Waals surface area (Å²) in [5, 5.41) is 0. The Hall–Kier alpha value is -3.60. The largest absolute Gasteiger partial charge is 0.485 e. The van der Waals surface area contributed by atoms with E-state index in [4.69, 9.17) is 4.74 Å². The van der Waals surface area contributed by atoms with Crippen molar-refractivity contribution < 1.29 is 9.13 Å². The molecular weight excluding hydrogens is 343 g/mol. The first kappa shape index (κ1) is 15.6. The molecule has 1 aliphatic rings. The molecule has 0 atom stereocenters. The number of aromatic amines is 2. The summed E-state index contributed by atoms with van der Waals surface area (Å²) in [5.74, 6) is -0.118. The van der Waals surface area contributed by atoms with E-state index in [0.717, 1.165) is 33.3 Å². The number of hydrogen-bond donors (Lipinski definition) is 2. The summed E-state index contributed by atoms with van der Waals surface area (Å²) < 4.78 is 20.2. The standard InChI is InChI=1S/C22H15FN2O2/c23-18-7-3-6-16-17(15-5-2-1-4-14(15)12-27-21(16)18)10-13-8-9-19-20(11-13)25-22(26)24-19/h1-11H,12H2,(H2,24,25,26). The van der Waals surface area contributed by atoms with E-state index < -0.39 is 0 Å². The van der Waals surface area contributed by atoms with Crippen LogP contribution in [-0.4, -0.2) is 9.97 Å². The van der Waals surface area contributed by atoms with Gasteiger partial charge in [0.2, 0.25) is 0 Å². The Morgan fingerprint density at radius 2 is 1.74 bits per heavy atom. The van der Waals surface area contributed by atoms with Crippen LogP contribution in [0.1, 0.15) is 22.3 Å². The summed E-state index contributed by atoms with van der Waals surface area (Å²) in [5.41, 5.74) is 5.73. The predicted molar refractivity (Wildman–Crippen MR) is 103 cm³/mol. The molecule has 1 aromatic heterocycles. The van der Waals surface area contributed by atoms with E-state index >= 15 is 0 Å². The van der Waals surface area contributed by atoms with Gasteiger partial charge in [-0.2, -0.15) is 0 Å². The first-order valence-corrected chi connectivity index (χ1v) is 8.63. The van der Waals surface area contributed by atoms with Gasteiger partial charge in [-0.25, -0.2) is 9.18 Å². The fraction of sp³-hybridized carbons (Fsp3) is 0.0455. The first-order valence-electron chi connectivity index (χ1n) is 8.63. The van der Waals surface area contributed by atoms with Gasteiger partial charge in [-0.1, -0.05) is 42.5 Å². The van der Waals surface area contributed by atoms with Crippen LogP contribution < -0.4 is 10.4 Å². The van der Waals surface area contributed by atoms with Crippen LogP contribution in [0.4, 0.5) is 4.39 Å². The number of rotatable bonds is 1. The quantitative estimate of drug-likeness (QED) is 0.527. The molecule has 0 amide bonds. The third kappa shape index (κ3) is 2.64. The highest BCUT2D eigenvalue weighted by atomic mass is 19.1. The molecule has 0 spiro atoms. The van der Waals surface area contributed by atoms with E-state index in [1.807, 2.05) is 54.6 Å². The molecule has 0 unspecified atom stereocenters. The smallest absolute Gasteiger partial charge is 0.323 e. The molecule has 0 saturated heterocycles. The molecule has 2 heterocycles. The number of halogens is 1. The highest BCUT2D eigenvalue weighted by Crippen LogP contribution is 2.39. The van der Waals surface area contributed by atoms with Crippen LogP contribution in [0, 0.1) is 5.82 Å². The van der Waals surface area contributed by atoms with Crippen LogP contribution in [0.2, 0.25) is 0 Å². The minimum Gasteiger partial charge on any atom is -0.485 e. The van der Waals surface area contributed by atoms with Crippen LogP contribution in [0.5, 0.6) is 5.75 Å². The van der Waals surface area contributed by atoms with Crippen molar-refractivity contribution in [3.8, 4) is 5.75 Å². The molecule has 4 aromatic rings. The van der Waals surface area contributed by atoms with Crippen LogP contribution >= 0.6 is 0 Å². The topological polar surface area (TPSA) is 57.9 Å². The molecule has 1 aliphatic heterocycles. The molecule has 2 N–H and O–H groups in total. The monoisotopic (exact) mass is 358 g/mol. The van der Waals surface area contributed by atoms with Crippen LogP contribution in [-0.2, 0) is 6.61 Å². The second-order valence-corrected chi connectivity index (χ2v) is 6.50. The van der Waals surface area contributed by atoms with Gasteiger partial charge in [0.1, 0.15) is 6.61 Å². The Kier molecular flexibility index (Phi) is 3.47. The number of para-hydroxylation sites is 1. The Morgan fingerprint density at radius 3 is 2.67 bits per heavy atom. The zero-order chi connectivity index (χ0) is 18.4. The third-order valence-electron chi connectivity index (χ3n) is 4.79. The van der Waals surface area contributed by atoms with E-state index in [9.17, 15) is 9.18 Å². The zero-order valence-electron chi connectivity index (χ0n) is 14.3. The lowest BCUT2D eigenvalue weighted by atomic mass is 9.92. The highest BCUT2D eigenvalue weighted by Gasteiger charge is 2.21. The molecule has 0 saturated carbocycles. The summed E-state index contributed by atoms with van der Waals surface area (Å²) in [6, 6.07) is 18.5. The number of aromatic nitrogens is 2. The van der Waals surface area contributed by atoms with Gasteiger partial charge in [0.25, 0.3) is 0 Å². The number of benzene rings is 3. The molecule has 0 radical (unpaired) electrons. The second-order valence-electron chi connectivity index (χ2n) is 6.50. The lowest BCUT2D eigenvalue weighted by Gasteiger charge is -2.11. The maximum absolute atomic E-state index is 14.4. The van der Waals surface area contributed by atoms with Crippen molar-refractivity contribution in [1.82, 2.24) is 9.97 Å². The van der Waals surface area contributed by atoms with E-state index in [1.54, 1.807) is 6.07 Å². The van der Waals surface area contributed by atoms with Crippen LogP contribution in [0.15, 0.2) is 65.5 Å². The molecule has 0 aliphatic carbocycles. The number of ether oxygens (including phenoxy) is 1. The Bertz CT molecular complexity index is 1270. The third-order valence-corrected chi connectivity index (χ3v) is 4.79. The molecule has 0 fully saturated rings. The molecule has 4 nitrogen and oxygen atoms in total. The Labute approximate surface area is 153 Å². The first-order chi connectivity index (χ1) is 13.2. The maximum Gasteiger partial charge on any atom is 0.323 e. The summed E-state index contributed by atoms with van der Waals surface area (Å²) >= 11 is 0. The van der Waals surface area contributed by atoms with Gasteiger partial charge in [-0.3, -0.25) is 0 Å². The summed E-state index contributed by atoms with van der Waals surface area (Å²) in [7, 11) is 0. The summed E-state index contributed by atoms with van der Waals surface area (Å²) in [6.45, 7) is 0.311. The van der Waals surface area contributed by atoms with E-state index in [-0.39, 0.29) is 17.3 Å². The van der Waals surface area contributed by atoms with Gasteiger partial charge in [0.15, 0.2) is 11.6 Å². The average Bonchev–Trinajstić information content (AvgIpc) is 2.96. The van der Waals surface area contributed by atoms with E-state index in [2.05, 4.69) is 9.97 Å². The average molecular weight is 358 g/mol. The van der Waals surface area contributed by atoms with E-state index in [1.165, 1.54) is 6.07 Å². The number of H-pyrrole nitrogens is 2. The molecule has 5 rings (SSSR count). The minimum absolute atomic E-state index is 0.240. The van der Waals surface area contributed by atoms with Crippen LogP contribution in [0.25, 0.3) is 22.7 Å². The second kappa shape index (κ2) is 5.99. The highest BCUT2D eigenvalue weighted by molar-refractivity contribution is 5.95. The van der Waals surface area contributed by atoms with E-state index in [0.29, 0.717) is 12.2 Å². The van der Waals surface area contributed by atoms with Gasteiger partial charge in [0, 0.05) is 5.56 Å². The van der Waals surface area contributed by atoms with Gasteiger partial charge in [-0.05, 0) is 46.5 Å². The van der Waals surface area contributed by atoms with Crippen molar-refractivity contribution in [2.75, 3.05) is 0 Å². The van der Waals surface area contributed by atoms with Gasteiger partial charge < -0.3 is 14.7 Å². The maximum atomic E-state index is 14.4. The van der Waals surface area contributed by atoms with Crippen LogP contribution in [0.3, 0.4) is 0 Å². The number of imidazole rings is 1. The molecule has 0 bridgehead atoms. The fourth-order valence-electron chi connectivity index (χ4n) is 3.53. The van der Waals surface area contributed by atoms with Crippen molar-refractivity contribution in [2.24, 2.45) is 0 Å². The van der Waals surface area contributed by atoms with Gasteiger partial charge in [0.05, 0.1) is 11.0 Å². The molecule has 3 aromatic carbocycles. The number of hydrogen-bond acceptors (Lipinski definition) is 2.